The zero-order valence-corrected chi connectivity index (χ0v) is 12.9. The average Bonchev–Trinajstić information content (AvgIpc) is 2.77. The molecular weight excluding hydrogens is 278 g/mol. The van der Waals surface area contributed by atoms with Gasteiger partial charge in [0.25, 0.3) is 0 Å². The number of amides is 1. The van der Waals surface area contributed by atoms with Crippen molar-refractivity contribution >= 4 is 23.4 Å². The Kier molecular flexibility index (Phi) is 6.01. The number of hydrogen-bond acceptors (Lipinski definition) is 4. The molecule has 0 aliphatic rings. The SMILES string of the molecule is CC(C)(C)OC(=O)N(CCCC(=O)O)Cc1cccs1. The Labute approximate surface area is 123 Å². The van der Waals surface area contributed by atoms with Gasteiger partial charge in [0.15, 0.2) is 0 Å². The first-order chi connectivity index (χ1) is 9.28. The summed E-state index contributed by atoms with van der Waals surface area (Å²) in [5.74, 6) is -0.856. The van der Waals surface area contributed by atoms with Gasteiger partial charge in [-0.15, -0.1) is 11.3 Å². The lowest BCUT2D eigenvalue weighted by molar-refractivity contribution is -0.137. The van der Waals surface area contributed by atoms with E-state index in [1.54, 1.807) is 16.2 Å². The van der Waals surface area contributed by atoms with Crippen LogP contribution in [0.25, 0.3) is 0 Å². The third-order valence-corrected chi connectivity index (χ3v) is 3.26. The fraction of sp³-hybridized carbons (Fsp3) is 0.571. The Hall–Kier alpha value is -1.56. The van der Waals surface area contributed by atoms with Crippen LogP contribution in [-0.2, 0) is 16.1 Å². The molecule has 6 heteroatoms. The van der Waals surface area contributed by atoms with Gasteiger partial charge in [-0.05, 0) is 38.6 Å². The third-order valence-electron chi connectivity index (χ3n) is 2.40. The summed E-state index contributed by atoms with van der Waals surface area (Å²) in [5.41, 5.74) is -0.558. The van der Waals surface area contributed by atoms with Gasteiger partial charge in [-0.1, -0.05) is 6.07 Å². The highest BCUT2D eigenvalue weighted by Gasteiger charge is 2.22. The minimum Gasteiger partial charge on any atom is -0.481 e. The summed E-state index contributed by atoms with van der Waals surface area (Å²) < 4.78 is 5.35. The van der Waals surface area contributed by atoms with Gasteiger partial charge in [-0.25, -0.2) is 4.79 Å². The minimum atomic E-state index is -0.856. The minimum absolute atomic E-state index is 0.0454. The number of carbonyl (C=O) groups is 2. The van der Waals surface area contributed by atoms with Crippen LogP contribution in [0.5, 0.6) is 0 Å². The second-order valence-corrected chi connectivity index (χ2v) is 6.51. The molecule has 0 spiro atoms. The van der Waals surface area contributed by atoms with E-state index in [0.717, 1.165) is 4.88 Å². The Morgan fingerprint density at radius 2 is 2.10 bits per heavy atom. The third kappa shape index (κ3) is 6.56. The maximum Gasteiger partial charge on any atom is 0.410 e. The fourth-order valence-electron chi connectivity index (χ4n) is 1.57. The molecule has 0 bridgehead atoms. The van der Waals surface area contributed by atoms with Crippen LogP contribution in [0, 0.1) is 0 Å². The Balaban J connectivity index is 2.62. The highest BCUT2D eigenvalue weighted by atomic mass is 32.1. The van der Waals surface area contributed by atoms with Crippen molar-refractivity contribution in [3.8, 4) is 0 Å². The second-order valence-electron chi connectivity index (χ2n) is 5.48. The van der Waals surface area contributed by atoms with Crippen LogP contribution < -0.4 is 0 Å². The Morgan fingerprint density at radius 3 is 2.60 bits per heavy atom. The van der Waals surface area contributed by atoms with Crippen molar-refractivity contribution in [3.63, 3.8) is 0 Å². The van der Waals surface area contributed by atoms with Gasteiger partial charge in [-0.3, -0.25) is 4.79 Å². The summed E-state index contributed by atoms with van der Waals surface area (Å²) in [4.78, 5) is 25.3. The van der Waals surface area contributed by atoms with E-state index in [1.165, 1.54) is 0 Å². The molecule has 0 aliphatic heterocycles. The molecule has 112 valence electrons. The van der Waals surface area contributed by atoms with Gasteiger partial charge >= 0.3 is 12.1 Å². The summed E-state index contributed by atoms with van der Waals surface area (Å²) in [6.45, 7) is 6.26. The van der Waals surface area contributed by atoms with E-state index in [4.69, 9.17) is 9.84 Å². The number of aliphatic carboxylic acids is 1. The van der Waals surface area contributed by atoms with Crippen molar-refractivity contribution in [1.82, 2.24) is 4.90 Å². The van der Waals surface area contributed by atoms with Crippen molar-refractivity contribution in [2.75, 3.05) is 6.54 Å². The van der Waals surface area contributed by atoms with E-state index >= 15 is 0 Å². The Morgan fingerprint density at radius 1 is 1.40 bits per heavy atom. The topological polar surface area (TPSA) is 66.8 Å². The van der Waals surface area contributed by atoms with Crippen molar-refractivity contribution in [2.24, 2.45) is 0 Å². The number of carboxylic acid groups (broad SMARTS) is 1. The summed E-state index contributed by atoms with van der Waals surface area (Å²) >= 11 is 1.56. The van der Waals surface area contributed by atoms with Gasteiger partial charge in [0.1, 0.15) is 5.60 Å². The molecule has 1 amide bonds. The van der Waals surface area contributed by atoms with E-state index in [0.29, 0.717) is 19.5 Å². The number of hydrogen-bond donors (Lipinski definition) is 1. The van der Waals surface area contributed by atoms with Crippen molar-refractivity contribution in [3.05, 3.63) is 22.4 Å². The first kappa shape index (κ1) is 16.5. The van der Waals surface area contributed by atoms with Crippen LogP contribution in [0.4, 0.5) is 4.79 Å². The Bertz CT molecular complexity index is 437. The maximum absolute atomic E-state index is 12.1. The molecule has 0 unspecified atom stereocenters. The zero-order chi connectivity index (χ0) is 15.2. The predicted octanol–water partition coefficient (Wildman–Crippen LogP) is 3.35. The van der Waals surface area contributed by atoms with Crippen molar-refractivity contribution in [2.45, 2.75) is 45.8 Å². The fourth-order valence-corrected chi connectivity index (χ4v) is 2.29. The molecular formula is C14H21NO4S. The molecule has 1 aromatic heterocycles. The molecule has 1 aromatic rings. The quantitative estimate of drug-likeness (QED) is 0.874. The molecule has 5 nitrogen and oxygen atoms in total. The molecule has 20 heavy (non-hydrogen) atoms. The van der Waals surface area contributed by atoms with Crippen LogP contribution in [0.1, 0.15) is 38.5 Å². The molecule has 0 fully saturated rings. The number of nitrogens with zero attached hydrogens (tertiary/aromatic N) is 1. The molecule has 0 saturated heterocycles. The lowest BCUT2D eigenvalue weighted by Gasteiger charge is -2.27. The van der Waals surface area contributed by atoms with E-state index in [1.807, 2.05) is 38.3 Å². The molecule has 0 atom stereocenters. The normalized spacial score (nSPS) is 11.2. The highest BCUT2D eigenvalue weighted by molar-refractivity contribution is 7.09. The lowest BCUT2D eigenvalue weighted by Crippen LogP contribution is -2.37. The molecule has 0 aromatic carbocycles. The number of thiophene rings is 1. The van der Waals surface area contributed by atoms with Gasteiger partial charge in [-0.2, -0.15) is 0 Å². The predicted molar refractivity (Wildman–Crippen MR) is 77.8 cm³/mol. The molecule has 0 saturated carbocycles. The van der Waals surface area contributed by atoms with Gasteiger partial charge in [0.2, 0.25) is 0 Å². The molecule has 0 radical (unpaired) electrons. The average molecular weight is 299 g/mol. The van der Waals surface area contributed by atoms with E-state index in [-0.39, 0.29) is 6.42 Å². The molecule has 1 heterocycles. The number of rotatable bonds is 6. The number of ether oxygens (including phenoxy) is 1. The van der Waals surface area contributed by atoms with Crippen LogP contribution in [0.3, 0.4) is 0 Å². The van der Waals surface area contributed by atoms with E-state index in [2.05, 4.69) is 0 Å². The molecule has 1 N–H and O–H groups in total. The van der Waals surface area contributed by atoms with E-state index < -0.39 is 17.7 Å². The number of carbonyl (C=O) groups excluding carboxylic acids is 1. The monoisotopic (exact) mass is 299 g/mol. The molecule has 1 rings (SSSR count). The second kappa shape index (κ2) is 7.28. The maximum atomic E-state index is 12.1. The summed E-state index contributed by atoms with van der Waals surface area (Å²) in [7, 11) is 0. The molecule has 0 aliphatic carbocycles. The van der Waals surface area contributed by atoms with Crippen LogP contribution in [0.15, 0.2) is 17.5 Å². The van der Waals surface area contributed by atoms with Gasteiger partial charge < -0.3 is 14.7 Å². The smallest absolute Gasteiger partial charge is 0.410 e. The first-order valence-electron chi connectivity index (χ1n) is 6.50. The van der Waals surface area contributed by atoms with E-state index in [9.17, 15) is 9.59 Å². The highest BCUT2D eigenvalue weighted by Crippen LogP contribution is 2.16. The first-order valence-corrected chi connectivity index (χ1v) is 7.38. The van der Waals surface area contributed by atoms with Crippen LogP contribution in [-0.4, -0.2) is 34.2 Å². The summed E-state index contributed by atoms with van der Waals surface area (Å²) in [6, 6.07) is 3.86. The van der Waals surface area contributed by atoms with Crippen molar-refractivity contribution < 1.29 is 19.4 Å². The zero-order valence-electron chi connectivity index (χ0n) is 12.1. The summed E-state index contributed by atoms with van der Waals surface area (Å²) in [6.07, 6.45) is 0.0558. The van der Waals surface area contributed by atoms with Crippen molar-refractivity contribution in [1.29, 1.82) is 0 Å². The van der Waals surface area contributed by atoms with Crippen LogP contribution >= 0.6 is 11.3 Å². The van der Waals surface area contributed by atoms with Gasteiger partial charge in [0, 0.05) is 17.8 Å². The lowest BCUT2D eigenvalue weighted by atomic mass is 10.2. The largest absolute Gasteiger partial charge is 0.481 e. The number of carboxylic acids is 1. The van der Waals surface area contributed by atoms with Crippen LogP contribution in [0.2, 0.25) is 0 Å². The van der Waals surface area contributed by atoms with Gasteiger partial charge in [0.05, 0.1) is 6.54 Å². The standard InChI is InChI=1S/C14H21NO4S/c1-14(2,3)19-13(18)15(8-4-7-12(16)17)10-11-6-5-9-20-11/h5-6,9H,4,7-8,10H2,1-3H3,(H,16,17). The summed E-state index contributed by atoms with van der Waals surface area (Å²) in [5, 5.41) is 10.6.